The highest BCUT2D eigenvalue weighted by atomic mass is 79.9. The summed E-state index contributed by atoms with van der Waals surface area (Å²) in [7, 11) is 0. The summed E-state index contributed by atoms with van der Waals surface area (Å²) in [6, 6.07) is 2.34. The van der Waals surface area contributed by atoms with Gasteiger partial charge in [-0.1, -0.05) is 49.7 Å². The highest BCUT2D eigenvalue weighted by Gasteiger charge is 2.35. The maximum absolute atomic E-state index is 5.97. The minimum Gasteiger partial charge on any atom is -0.366 e. The summed E-state index contributed by atoms with van der Waals surface area (Å²) in [6.07, 6.45) is 0. The molecule has 0 unspecified atom stereocenters. The van der Waals surface area contributed by atoms with Crippen LogP contribution in [-0.2, 0) is 16.9 Å². The Hall–Kier alpha value is -0.340. The summed E-state index contributed by atoms with van der Waals surface area (Å²) in [5.74, 6) is 1.04. The molecule has 0 saturated heterocycles. The van der Waals surface area contributed by atoms with E-state index in [9.17, 15) is 0 Å². The van der Waals surface area contributed by atoms with Gasteiger partial charge in [-0.2, -0.15) is 0 Å². The molecule has 0 N–H and O–H groups in total. The zero-order valence-electron chi connectivity index (χ0n) is 12.2. The monoisotopic (exact) mass is 310 g/mol. The van der Waals surface area contributed by atoms with Gasteiger partial charge in [-0.25, -0.2) is 0 Å². The van der Waals surface area contributed by atoms with E-state index in [0.717, 1.165) is 6.61 Å². The van der Waals surface area contributed by atoms with Crippen LogP contribution in [0.15, 0.2) is 10.5 Å². The minimum atomic E-state index is -0.149. The van der Waals surface area contributed by atoms with Gasteiger partial charge in [0.15, 0.2) is 0 Å². The first-order valence-electron chi connectivity index (χ1n) is 6.75. The van der Waals surface area contributed by atoms with Gasteiger partial charge in [0, 0.05) is 4.47 Å². The van der Waals surface area contributed by atoms with Gasteiger partial charge in [-0.3, -0.25) is 0 Å². The molecule has 0 aromatic heterocycles. The Kier molecular flexibility index (Phi) is 3.63. The van der Waals surface area contributed by atoms with E-state index >= 15 is 0 Å². The predicted octanol–water partition coefficient (Wildman–Crippen LogP) is 5.46. The fourth-order valence-corrected chi connectivity index (χ4v) is 4.05. The van der Waals surface area contributed by atoms with Gasteiger partial charge >= 0.3 is 0 Å². The molecule has 18 heavy (non-hydrogen) atoms. The fourth-order valence-electron chi connectivity index (χ4n) is 2.78. The van der Waals surface area contributed by atoms with Crippen molar-refractivity contribution in [2.24, 2.45) is 0 Å². The molecule has 0 saturated carbocycles. The van der Waals surface area contributed by atoms with E-state index in [2.05, 4.69) is 63.5 Å². The van der Waals surface area contributed by atoms with Gasteiger partial charge in [0.2, 0.25) is 0 Å². The first-order valence-corrected chi connectivity index (χ1v) is 7.54. The molecule has 1 aromatic rings. The van der Waals surface area contributed by atoms with Gasteiger partial charge in [-0.05, 0) is 47.9 Å². The Morgan fingerprint density at radius 2 is 1.78 bits per heavy atom. The number of fused-ring (bicyclic) bond motifs is 1. The van der Waals surface area contributed by atoms with Crippen LogP contribution in [0.2, 0.25) is 0 Å². The van der Waals surface area contributed by atoms with Crippen LogP contribution in [0.3, 0.4) is 0 Å². The lowest BCUT2D eigenvalue weighted by atomic mass is 9.85. The number of hydrogen-bond acceptors (Lipinski definition) is 1. The topological polar surface area (TPSA) is 9.23 Å². The zero-order chi connectivity index (χ0) is 13.7. The van der Waals surface area contributed by atoms with Crippen molar-refractivity contribution in [3.8, 4) is 0 Å². The maximum Gasteiger partial charge on any atom is 0.0883 e. The van der Waals surface area contributed by atoms with Crippen molar-refractivity contribution in [3.63, 3.8) is 0 Å². The normalized spacial score (nSPS) is 17.6. The number of halogens is 1. The fraction of sp³-hybridized carbons (Fsp3) is 0.625. The van der Waals surface area contributed by atoms with Crippen LogP contribution in [0, 0.1) is 0 Å². The van der Waals surface area contributed by atoms with Crippen LogP contribution in [0.4, 0.5) is 0 Å². The highest BCUT2D eigenvalue weighted by molar-refractivity contribution is 9.10. The van der Waals surface area contributed by atoms with Crippen LogP contribution in [-0.4, -0.2) is 0 Å². The maximum atomic E-state index is 5.97. The van der Waals surface area contributed by atoms with Crippen LogP contribution in [0.5, 0.6) is 0 Å². The molecule has 2 rings (SSSR count). The van der Waals surface area contributed by atoms with Crippen molar-refractivity contribution >= 4 is 15.9 Å². The molecule has 0 aliphatic carbocycles. The Labute approximate surface area is 119 Å². The Balaban J connectivity index is 2.74. The second kappa shape index (κ2) is 4.64. The summed E-state index contributed by atoms with van der Waals surface area (Å²) < 4.78 is 7.26. The minimum absolute atomic E-state index is 0.149. The highest BCUT2D eigenvalue weighted by Crippen LogP contribution is 2.45. The van der Waals surface area contributed by atoms with Crippen LogP contribution >= 0.6 is 15.9 Å². The number of hydrogen-bond donors (Lipinski definition) is 0. The number of rotatable bonds is 2. The second-order valence-electron chi connectivity index (χ2n) is 6.33. The number of ether oxygens (including phenoxy) is 1. The lowest BCUT2D eigenvalue weighted by Gasteiger charge is -2.23. The molecule has 1 heterocycles. The third-order valence-corrected chi connectivity index (χ3v) is 4.75. The van der Waals surface area contributed by atoms with E-state index in [1.807, 2.05) is 0 Å². The quantitative estimate of drug-likeness (QED) is 0.704. The van der Waals surface area contributed by atoms with Crippen LogP contribution < -0.4 is 0 Å². The molecule has 0 fully saturated rings. The van der Waals surface area contributed by atoms with E-state index in [0.29, 0.717) is 11.8 Å². The molecule has 1 aromatic carbocycles. The molecule has 0 radical (unpaired) electrons. The van der Waals surface area contributed by atoms with E-state index < -0.39 is 0 Å². The van der Waals surface area contributed by atoms with E-state index in [1.54, 1.807) is 0 Å². The molecule has 0 atom stereocenters. The van der Waals surface area contributed by atoms with Gasteiger partial charge in [-0.15, -0.1) is 0 Å². The molecule has 2 heteroatoms. The average Bonchev–Trinajstić information content (AvgIpc) is 2.52. The van der Waals surface area contributed by atoms with Crippen molar-refractivity contribution in [3.05, 3.63) is 32.8 Å². The molecule has 1 aliphatic rings. The Bertz CT molecular complexity index is 472. The molecule has 1 nitrogen and oxygen atoms in total. The van der Waals surface area contributed by atoms with Crippen LogP contribution in [0.25, 0.3) is 0 Å². The Morgan fingerprint density at radius 1 is 1.17 bits per heavy atom. The molecule has 0 spiro atoms. The molecule has 1 aliphatic heterocycles. The van der Waals surface area contributed by atoms with E-state index in [1.165, 1.54) is 26.7 Å². The molecular weight excluding hydrogens is 288 g/mol. The lowest BCUT2D eigenvalue weighted by Crippen LogP contribution is -2.15. The first kappa shape index (κ1) is 14.1. The molecule has 0 bridgehead atoms. The summed E-state index contributed by atoms with van der Waals surface area (Å²) in [5, 5.41) is 0. The third-order valence-electron chi connectivity index (χ3n) is 3.87. The summed E-state index contributed by atoms with van der Waals surface area (Å²) >= 11 is 3.82. The average molecular weight is 311 g/mol. The van der Waals surface area contributed by atoms with Crippen molar-refractivity contribution in [2.45, 2.75) is 65.6 Å². The smallest absolute Gasteiger partial charge is 0.0883 e. The van der Waals surface area contributed by atoms with Gasteiger partial charge < -0.3 is 4.74 Å². The second-order valence-corrected chi connectivity index (χ2v) is 7.12. The molecule has 0 amide bonds. The van der Waals surface area contributed by atoms with E-state index in [-0.39, 0.29) is 5.60 Å². The van der Waals surface area contributed by atoms with Crippen molar-refractivity contribution in [1.29, 1.82) is 0 Å². The van der Waals surface area contributed by atoms with Gasteiger partial charge in [0.05, 0.1) is 12.2 Å². The molecule has 100 valence electrons. The lowest BCUT2D eigenvalue weighted by molar-refractivity contribution is -0.00804. The standard InChI is InChI=1S/C16H23BrO/c1-9(2)11-7-13-12(8-18-16(13,5)6)14(10(3)4)15(11)17/h7,9-10H,8H2,1-6H3. The summed E-state index contributed by atoms with van der Waals surface area (Å²) in [6.45, 7) is 14.1. The van der Waals surface area contributed by atoms with Gasteiger partial charge in [0.1, 0.15) is 0 Å². The van der Waals surface area contributed by atoms with Gasteiger partial charge in [0.25, 0.3) is 0 Å². The predicted molar refractivity (Wildman–Crippen MR) is 80.1 cm³/mol. The third kappa shape index (κ3) is 2.14. The summed E-state index contributed by atoms with van der Waals surface area (Å²) in [5.41, 5.74) is 5.45. The van der Waals surface area contributed by atoms with Crippen LogP contribution in [0.1, 0.15) is 75.6 Å². The van der Waals surface area contributed by atoms with Crippen molar-refractivity contribution in [1.82, 2.24) is 0 Å². The largest absolute Gasteiger partial charge is 0.366 e. The Morgan fingerprint density at radius 3 is 2.28 bits per heavy atom. The summed E-state index contributed by atoms with van der Waals surface area (Å²) in [4.78, 5) is 0. The number of benzene rings is 1. The van der Waals surface area contributed by atoms with E-state index in [4.69, 9.17) is 4.74 Å². The van der Waals surface area contributed by atoms with Crippen molar-refractivity contribution in [2.75, 3.05) is 0 Å². The van der Waals surface area contributed by atoms with Crippen molar-refractivity contribution < 1.29 is 4.74 Å². The molecular formula is C16H23BrO. The first-order chi connectivity index (χ1) is 8.25. The zero-order valence-corrected chi connectivity index (χ0v) is 13.8. The SMILES string of the molecule is CC(C)c1cc2c(c(C(C)C)c1Br)COC2(C)C.